The van der Waals surface area contributed by atoms with Crippen molar-refractivity contribution < 1.29 is 23.5 Å². The van der Waals surface area contributed by atoms with Gasteiger partial charge in [0, 0.05) is 18.2 Å². The number of hydrogen-bond acceptors (Lipinski definition) is 6. The summed E-state index contributed by atoms with van der Waals surface area (Å²) in [7, 11) is 1.50. The molecule has 0 atom stereocenters. The van der Waals surface area contributed by atoms with Gasteiger partial charge in [0.05, 0.1) is 23.9 Å². The molecule has 0 aliphatic carbocycles. The molecular weight excluding hydrogens is 381 g/mol. The topological polar surface area (TPSA) is 113 Å². The van der Waals surface area contributed by atoms with Crippen LogP contribution in [0.1, 0.15) is 20.7 Å². The van der Waals surface area contributed by atoms with Crippen LogP contribution >= 0.6 is 0 Å². The summed E-state index contributed by atoms with van der Waals surface area (Å²) in [6.45, 7) is 0. The lowest BCUT2D eigenvalue weighted by molar-refractivity contribution is 0.0880. The summed E-state index contributed by atoms with van der Waals surface area (Å²) >= 11 is 0. The third kappa shape index (κ3) is 3.08. The lowest BCUT2D eigenvalue weighted by Crippen LogP contribution is -2.24. The molecule has 4 rings (SSSR count). The smallest absolute Gasteiger partial charge is 0.262 e. The Balaban J connectivity index is 1.74. The third-order valence-corrected chi connectivity index (χ3v) is 4.40. The number of ether oxygens (including phenoxy) is 2. The number of halogens is 1. The minimum Gasteiger partial charge on any atom is -0.497 e. The highest BCUT2D eigenvalue weighted by Crippen LogP contribution is 2.29. The van der Waals surface area contributed by atoms with Gasteiger partial charge in [-0.2, -0.15) is 0 Å². The number of anilines is 1. The average molecular weight is 395 g/mol. The summed E-state index contributed by atoms with van der Waals surface area (Å²) in [5, 5.41) is 2.07. The highest BCUT2D eigenvalue weighted by molar-refractivity contribution is 6.23. The van der Waals surface area contributed by atoms with Crippen LogP contribution in [0.5, 0.6) is 17.2 Å². The molecule has 3 aromatic rings. The Kier molecular flexibility index (Phi) is 4.27. The molecule has 8 nitrogen and oxygen atoms in total. The molecule has 0 saturated carbocycles. The zero-order valence-electron chi connectivity index (χ0n) is 15.1. The van der Waals surface area contributed by atoms with Gasteiger partial charge in [-0.25, -0.2) is 4.39 Å². The largest absolute Gasteiger partial charge is 0.497 e. The van der Waals surface area contributed by atoms with Crippen LogP contribution < -0.4 is 26.1 Å². The van der Waals surface area contributed by atoms with Crippen molar-refractivity contribution in [3.8, 4) is 22.9 Å². The summed E-state index contributed by atoms with van der Waals surface area (Å²) in [5.74, 6) is -1.59. The van der Waals surface area contributed by atoms with Gasteiger partial charge in [0.2, 0.25) is 0 Å². The van der Waals surface area contributed by atoms with E-state index in [4.69, 9.17) is 15.2 Å². The number of imide groups is 1. The fraction of sp³-hybridized carbons (Fsp3) is 0.0500. The standard InChI is InChI=1S/C20H14FN3O5/c1-28-11-3-2-4-12(8-11)29-15-6-5-10(7-14(15)21)24-16(25)9-13-17(18(24)22)20(27)23-19(13)26/h2-9H,22H2,1H3,(H,23,26,27). The lowest BCUT2D eigenvalue weighted by atomic mass is 10.1. The Morgan fingerprint density at radius 2 is 1.76 bits per heavy atom. The monoisotopic (exact) mass is 395 g/mol. The Bertz CT molecular complexity index is 1240. The third-order valence-electron chi connectivity index (χ3n) is 4.40. The van der Waals surface area contributed by atoms with E-state index < -0.39 is 23.2 Å². The first-order chi connectivity index (χ1) is 13.9. The summed E-state index contributed by atoms with van der Waals surface area (Å²) in [4.78, 5) is 36.1. The van der Waals surface area contributed by atoms with Crippen LogP contribution in [0.15, 0.2) is 53.3 Å². The summed E-state index contributed by atoms with van der Waals surface area (Å²) < 4.78 is 26.2. The van der Waals surface area contributed by atoms with E-state index in [9.17, 15) is 18.8 Å². The van der Waals surface area contributed by atoms with Crippen LogP contribution in [0, 0.1) is 5.82 Å². The van der Waals surface area contributed by atoms with Crippen LogP contribution in [-0.4, -0.2) is 23.5 Å². The van der Waals surface area contributed by atoms with Crippen molar-refractivity contribution in [2.45, 2.75) is 0 Å². The minimum atomic E-state index is -0.752. The van der Waals surface area contributed by atoms with Crippen LogP contribution in [0.25, 0.3) is 5.69 Å². The number of nitrogens with zero attached hydrogens (tertiary/aromatic N) is 1. The van der Waals surface area contributed by atoms with Crippen molar-refractivity contribution in [1.29, 1.82) is 0 Å². The van der Waals surface area contributed by atoms with E-state index in [-0.39, 0.29) is 28.4 Å². The number of hydrogen-bond donors (Lipinski definition) is 2. The number of nitrogen functional groups attached to an aromatic ring is 1. The van der Waals surface area contributed by atoms with Crippen LogP contribution in [-0.2, 0) is 0 Å². The number of aromatic nitrogens is 1. The van der Waals surface area contributed by atoms with E-state index in [1.807, 2.05) is 0 Å². The summed E-state index contributed by atoms with van der Waals surface area (Å²) in [5.41, 5.74) is 5.13. The Labute approximate surface area is 163 Å². The molecule has 29 heavy (non-hydrogen) atoms. The van der Waals surface area contributed by atoms with Crippen molar-refractivity contribution in [2.75, 3.05) is 12.8 Å². The molecule has 0 spiro atoms. The second-order valence-corrected chi connectivity index (χ2v) is 6.17. The highest BCUT2D eigenvalue weighted by atomic mass is 19.1. The maximum atomic E-state index is 14.6. The minimum absolute atomic E-state index is 0.0808. The fourth-order valence-electron chi connectivity index (χ4n) is 3.05. The van der Waals surface area contributed by atoms with Gasteiger partial charge in [-0.15, -0.1) is 0 Å². The van der Waals surface area contributed by atoms with Crippen molar-refractivity contribution in [2.24, 2.45) is 0 Å². The molecule has 1 aromatic heterocycles. The fourth-order valence-corrected chi connectivity index (χ4v) is 3.05. The average Bonchev–Trinajstić information content (AvgIpc) is 2.97. The first-order valence-corrected chi connectivity index (χ1v) is 8.42. The quantitative estimate of drug-likeness (QED) is 0.655. The van der Waals surface area contributed by atoms with E-state index in [1.54, 1.807) is 24.3 Å². The number of nitrogens with two attached hydrogens (primary N) is 1. The molecule has 0 bridgehead atoms. The molecule has 9 heteroatoms. The molecule has 0 saturated heterocycles. The SMILES string of the molecule is COc1cccc(Oc2ccc(-n3c(N)c4c(cc3=O)C(=O)NC4=O)cc2F)c1. The van der Waals surface area contributed by atoms with Crippen LogP contribution in [0.2, 0.25) is 0 Å². The van der Waals surface area contributed by atoms with E-state index >= 15 is 0 Å². The second-order valence-electron chi connectivity index (χ2n) is 6.17. The lowest BCUT2D eigenvalue weighted by Gasteiger charge is -2.13. The van der Waals surface area contributed by atoms with Gasteiger partial charge in [-0.05, 0) is 24.3 Å². The maximum absolute atomic E-state index is 14.6. The van der Waals surface area contributed by atoms with Gasteiger partial charge in [0.15, 0.2) is 11.6 Å². The van der Waals surface area contributed by atoms with Crippen molar-refractivity contribution in [1.82, 2.24) is 9.88 Å². The van der Waals surface area contributed by atoms with Crippen molar-refractivity contribution >= 4 is 17.6 Å². The summed E-state index contributed by atoms with van der Waals surface area (Å²) in [6, 6.07) is 11.4. The van der Waals surface area contributed by atoms with Gasteiger partial charge < -0.3 is 15.2 Å². The predicted molar refractivity (Wildman–Crippen MR) is 101 cm³/mol. The normalized spacial score (nSPS) is 12.5. The van der Waals surface area contributed by atoms with Crippen LogP contribution in [0.4, 0.5) is 10.2 Å². The molecule has 1 aliphatic heterocycles. The first kappa shape index (κ1) is 18.2. The summed E-state index contributed by atoms with van der Waals surface area (Å²) in [6.07, 6.45) is 0. The maximum Gasteiger partial charge on any atom is 0.262 e. The number of pyridine rings is 1. The van der Waals surface area contributed by atoms with Gasteiger partial charge >= 0.3 is 0 Å². The van der Waals surface area contributed by atoms with Gasteiger partial charge in [-0.1, -0.05) is 6.07 Å². The number of methoxy groups -OCH3 is 1. The van der Waals surface area contributed by atoms with E-state index in [2.05, 4.69) is 5.32 Å². The zero-order chi connectivity index (χ0) is 20.7. The van der Waals surface area contributed by atoms with Gasteiger partial charge in [0.1, 0.15) is 17.3 Å². The van der Waals surface area contributed by atoms with Crippen molar-refractivity contribution in [3.05, 3.63) is 75.8 Å². The predicted octanol–water partition coefficient (Wildman–Crippen LogP) is 2.24. The molecule has 146 valence electrons. The Hall–Kier alpha value is -4.14. The zero-order valence-corrected chi connectivity index (χ0v) is 15.1. The molecule has 3 N–H and O–H groups in total. The Morgan fingerprint density at radius 1 is 1.00 bits per heavy atom. The molecule has 2 amide bonds. The number of fused-ring (bicyclic) bond motifs is 1. The number of amides is 2. The molecule has 2 heterocycles. The van der Waals surface area contributed by atoms with Crippen LogP contribution in [0.3, 0.4) is 0 Å². The second kappa shape index (κ2) is 6.79. The number of nitrogens with one attached hydrogen (secondary N) is 1. The molecule has 0 radical (unpaired) electrons. The molecule has 1 aliphatic rings. The molecule has 0 unspecified atom stereocenters. The number of benzene rings is 2. The number of carbonyl (C=O) groups excluding carboxylic acids is 2. The van der Waals surface area contributed by atoms with Gasteiger partial charge in [-0.3, -0.25) is 24.3 Å². The Morgan fingerprint density at radius 3 is 2.48 bits per heavy atom. The molecule has 2 aromatic carbocycles. The van der Waals surface area contributed by atoms with E-state index in [1.165, 1.54) is 19.2 Å². The number of carbonyl (C=O) groups is 2. The van der Waals surface area contributed by atoms with Crippen molar-refractivity contribution in [3.63, 3.8) is 0 Å². The van der Waals surface area contributed by atoms with Gasteiger partial charge in [0.25, 0.3) is 17.4 Å². The first-order valence-electron chi connectivity index (χ1n) is 8.42. The number of rotatable bonds is 4. The highest BCUT2D eigenvalue weighted by Gasteiger charge is 2.31. The molecular formula is C20H14FN3O5. The molecule has 0 fully saturated rings. The van der Waals surface area contributed by atoms with E-state index in [0.717, 1.165) is 16.7 Å². The van der Waals surface area contributed by atoms with E-state index in [0.29, 0.717) is 11.5 Å².